The SMILES string of the molecule is O=c1c2cnn(CCO)c2ncn1Cc1cccc(Cl)c1. The van der Waals surface area contributed by atoms with Crippen molar-refractivity contribution in [3.8, 4) is 0 Å². The average Bonchev–Trinajstić information content (AvgIpc) is 2.87. The monoisotopic (exact) mass is 304 g/mol. The number of halogens is 1. The first kappa shape index (κ1) is 13.8. The first-order chi connectivity index (χ1) is 10.2. The highest BCUT2D eigenvalue weighted by atomic mass is 35.5. The van der Waals surface area contributed by atoms with Gasteiger partial charge in [-0.3, -0.25) is 9.36 Å². The maximum Gasteiger partial charge on any atom is 0.264 e. The van der Waals surface area contributed by atoms with Gasteiger partial charge in [0, 0.05) is 5.02 Å². The van der Waals surface area contributed by atoms with Crippen LogP contribution < -0.4 is 5.56 Å². The van der Waals surface area contributed by atoms with Gasteiger partial charge in [-0.05, 0) is 17.7 Å². The van der Waals surface area contributed by atoms with Gasteiger partial charge in [0.05, 0.1) is 25.9 Å². The normalized spacial score (nSPS) is 11.1. The molecule has 7 heteroatoms. The molecule has 0 atom stereocenters. The van der Waals surface area contributed by atoms with Gasteiger partial charge in [-0.15, -0.1) is 0 Å². The minimum Gasteiger partial charge on any atom is -0.394 e. The summed E-state index contributed by atoms with van der Waals surface area (Å²) in [4.78, 5) is 16.7. The molecule has 0 bridgehead atoms. The predicted octanol–water partition coefficient (Wildman–Crippen LogP) is 1.29. The smallest absolute Gasteiger partial charge is 0.264 e. The summed E-state index contributed by atoms with van der Waals surface area (Å²) in [6.45, 7) is 0.659. The van der Waals surface area contributed by atoms with Crippen LogP contribution >= 0.6 is 11.6 Å². The van der Waals surface area contributed by atoms with Crippen molar-refractivity contribution >= 4 is 22.6 Å². The number of aromatic nitrogens is 4. The summed E-state index contributed by atoms with van der Waals surface area (Å²) in [6.07, 6.45) is 2.97. The van der Waals surface area contributed by atoms with E-state index in [0.29, 0.717) is 29.1 Å². The highest BCUT2D eigenvalue weighted by molar-refractivity contribution is 6.30. The Balaban J connectivity index is 2.01. The van der Waals surface area contributed by atoms with Crippen LogP contribution in [0.25, 0.3) is 11.0 Å². The van der Waals surface area contributed by atoms with Gasteiger partial charge in [-0.1, -0.05) is 23.7 Å². The molecule has 0 aliphatic heterocycles. The largest absolute Gasteiger partial charge is 0.394 e. The molecular weight excluding hydrogens is 292 g/mol. The molecule has 0 saturated heterocycles. The minimum atomic E-state index is -0.163. The highest BCUT2D eigenvalue weighted by Crippen LogP contribution is 2.12. The van der Waals surface area contributed by atoms with Crippen LogP contribution in [0.1, 0.15) is 5.56 Å². The van der Waals surface area contributed by atoms with E-state index in [1.54, 1.807) is 6.07 Å². The second-order valence-electron chi connectivity index (χ2n) is 4.64. The summed E-state index contributed by atoms with van der Waals surface area (Å²) in [7, 11) is 0. The van der Waals surface area contributed by atoms with Gasteiger partial charge >= 0.3 is 0 Å². The van der Waals surface area contributed by atoms with Crippen molar-refractivity contribution in [1.29, 1.82) is 0 Å². The Bertz CT molecular complexity index is 840. The van der Waals surface area contributed by atoms with Crippen molar-refractivity contribution in [2.75, 3.05) is 6.61 Å². The standard InChI is InChI=1S/C14H13ClN4O2/c15-11-3-1-2-10(6-11)8-18-9-16-13-12(14(18)21)7-17-19(13)4-5-20/h1-3,6-7,9,20H,4-5,8H2. The third kappa shape index (κ3) is 2.68. The Labute approximate surface area is 125 Å². The fourth-order valence-corrected chi connectivity index (χ4v) is 2.41. The fourth-order valence-electron chi connectivity index (χ4n) is 2.20. The van der Waals surface area contributed by atoms with E-state index >= 15 is 0 Å². The number of fused-ring (bicyclic) bond motifs is 1. The zero-order valence-electron chi connectivity index (χ0n) is 11.1. The van der Waals surface area contributed by atoms with E-state index in [1.165, 1.54) is 21.8 Å². The molecule has 3 aromatic rings. The average molecular weight is 305 g/mol. The van der Waals surface area contributed by atoms with Crippen LogP contribution in [0.4, 0.5) is 0 Å². The molecule has 0 amide bonds. The number of benzene rings is 1. The van der Waals surface area contributed by atoms with Gasteiger partial charge in [-0.25, -0.2) is 9.67 Å². The Hall–Kier alpha value is -2.18. The summed E-state index contributed by atoms with van der Waals surface area (Å²) in [5.41, 5.74) is 1.24. The van der Waals surface area contributed by atoms with Gasteiger partial charge in [0.15, 0.2) is 5.65 Å². The summed E-state index contributed by atoms with van der Waals surface area (Å²) in [5, 5.41) is 14.1. The number of hydrogen-bond donors (Lipinski definition) is 1. The predicted molar refractivity (Wildman–Crippen MR) is 79.4 cm³/mol. The second kappa shape index (κ2) is 5.67. The van der Waals surface area contributed by atoms with E-state index in [9.17, 15) is 4.79 Å². The molecule has 2 aromatic heterocycles. The van der Waals surface area contributed by atoms with Crippen molar-refractivity contribution in [3.63, 3.8) is 0 Å². The fraction of sp³-hybridized carbons (Fsp3) is 0.214. The zero-order chi connectivity index (χ0) is 14.8. The van der Waals surface area contributed by atoms with Gasteiger partial charge in [-0.2, -0.15) is 5.10 Å². The lowest BCUT2D eigenvalue weighted by Gasteiger charge is -2.06. The van der Waals surface area contributed by atoms with Gasteiger partial charge in [0.1, 0.15) is 11.7 Å². The minimum absolute atomic E-state index is 0.0515. The van der Waals surface area contributed by atoms with Crippen LogP contribution in [0.2, 0.25) is 5.02 Å². The van der Waals surface area contributed by atoms with Crippen LogP contribution in [-0.2, 0) is 13.1 Å². The van der Waals surface area contributed by atoms with Crippen LogP contribution in [0.15, 0.2) is 41.6 Å². The highest BCUT2D eigenvalue weighted by Gasteiger charge is 2.10. The van der Waals surface area contributed by atoms with Crippen molar-refractivity contribution in [2.24, 2.45) is 0 Å². The number of nitrogens with zero attached hydrogens (tertiary/aromatic N) is 4. The number of aliphatic hydroxyl groups is 1. The molecule has 21 heavy (non-hydrogen) atoms. The molecule has 1 N–H and O–H groups in total. The molecule has 0 unspecified atom stereocenters. The molecule has 0 radical (unpaired) electrons. The summed E-state index contributed by atoms with van der Waals surface area (Å²) < 4.78 is 3.03. The molecule has 0 fully saturated rings. The van der Waals surface area contributed by atoms with E-state index in [2.05, 4.69) is 10.1 Å². The Morgan fingerprint density at radius 1 is 1.33 bits per heavy atom. The molecule has 2 heterocycles. The van der Waals surface area contributed by atoms with Gasteiger partial charge < -0.3 is 5.11 Å². The third-order valence-corrected chi connectivity index (χ3v) is 3.41. The van der Waals surface area contributed by atoms with E-state index in [1.807, 2.05) is 18.2 Å². The molecule has 3 rings (SSSR count). The Morgan fingerprint density at radius 2 is 2.19 bits per heavy atom. The molecule has 0 aliphatic rings. The lowest BCUT2D eigenvalue weighted by molar-refractivity contribution is 0.271. The second-order valence-corrected chi connectivity index (χ2v) is 5.07. The number of aliphatic hydroxyl groups excluding tert-OH is 1. The molecule has 0 spiro atoms. The zero-order valence-corrected chi connectivity index (χ0v) is 11.9. The summed E-state index contributed by atoms with van der Waals surface area (Å²) in [5.74, 6) is 0. The molecule has 0 saturated carbocycles. The maximum absolute atomic E-state index is 12.4. The summed E-state index contributed by atoms with van der Waals surface area (Å²) in [6, 6.07) is 7.34. The van der Waals surface area contributed by atoms with Crippen molar-refractivity contribution < 1.29 is 5.11 Å². The lowest BCUT2D eigenvalue weighted by Crippen LogP contribution is -2.21. The van der Waals surface area contributed by atoms with Crippen LogP contribution in [0.5, 0.6) is 0 Å². The van der Waals surface area contributed by atoms with Crippen LogP contribution in [0.3, 0.4) is 0 Å². The number of hydrogen-bond acceptors (Lipinski definition) is 4. The summed E-state index contributed by atoms with van der Waals surface area (Å²) >= 11 is 5.94. The van der Waals surface area contributed by atoms with Crippen molar-refractivity contribution in [3.05, 3.63) is 57.7 Å². The number of rotatable bonds is 4. The topological polar surface area (TPSA) is 72.9 Å². The van der Waals surface area contributed by atoms with Gasteiger partial charge in [0.25, 0.3) is 5.56 Å². The molecular formula is C14H13ClN4O2. The molecule has 108 valence electrons. The van der Waals surface area contributed by atoms with Crippen LogP contribution in [0, 0.1) is 0 Å². The first-order valence-electron chi connectivity index (χ1n) is 6.45. The van der Waals surface area contributed by atoms with Crippen molar-refractivity contribution in [1.82, 2.24) is 19.3 Å². The van der Waals surface area contributed by atoms with E-state index in [-0.39, 0.29) is 12.2 Å². The molecule has 0 aliphatic carbocycles. The quantitative estimate of drug-likeness (QED) is 0.788. The van der Waals surface area contributed by atoms with E-state index in [0.717, 1.165) is 5.56 Å². The first-order valence-corrected chi connectivity index (χ1v) is 6.83. The van der Waals surface area contributed by atoms with Gasteiger partial charge in [0.2, 0.25) is 0 Å². The maximum atomic E-state index is 12.4. The lowest BCUT2D eigenvalue weighted by atomic mass is 10.2. The van der Waals surface area contributed by atoms with E-state index in [4.69, 9.17) is 16.7 Å². The van der Waals surface area contributed by atoms with Crippen molar-refractivity contribution in [2.45, 2.75) is 13.1 Å². The van der Waals surface area contributed by atoms with E-state index < -0.39 is 0 Å². The molecule has 1 aromatic carbocycles. The third-order valence-electron chi connectivity index (χ3n) is 3.18. The van der Waals surface area contributed by atoms with Crippen LogP contribution in [-0.4, -0.2) is 31.0 Å². The Morgan fingerprint density at radius 3 is 2.95 bits per heavy atom. The molecule has 6 nitrogen and oxygen atoms in total. The Kier molecular flexibility index (Phi) is 3.72.